The summed E-state index contributed by atoms with van der Waals surface area (Å²) in [5.74, 6) is -5.23. The van der Waals surface area contributed by atoms with Gasteiger partial charge in [0.1, 0.15) is 0 Å². The number of carbonyl (C=O) groups excluding carboxylic acids is 7. The van der Waals surface area contributed by atoms with E-state index in [2.05, 4.69) is 19.6 Å². The molecule has 19 heteroatoms. The summed E-state index contributed by atoms with van der Waals surface area (Å²) in [4.78, 5) is 84.7. The average Bonchev–Trinajstić information content (AvgIpc) is 2.95. The summed E-state index contributed by atoms with van der Waals surface area (Å²) >= 11 is -1.07. The van der Waals surface area contributed by atoms with Gasteiger partial charge in [0.05, 0.1) is 0 Å². The Kier molecular flexibility index (Phi) is 16.8. The summed E-state index contributed by atoms with van der Waals surface area (Å²) in [5, 5.41) is -1.20. The first-order valence-corrected chi connectivity index (χ1v) is 21.6. The summed E-state index contributed by atoms with van der Waals surface area (Å²) < 4.78 is 57.3. The van der Waals surface area contributed by atoms with Crippen molar-refractivity contribution in [1.29, 1.82) is 0 Å². The van der Waals surface area contributed by atoms with E-state index in [1.165, 1.54) is 6.92 Å². The maximum atomic E-state index is 12.6. The SMILES string of the molecule is CC(=O)OC[C@H]1O[C@@H]([Se][C@H]2[C@H](OC(C)=O)[C@@H](OC(C)=O)[C@H](OCC[Si](C)(C)C)O[C@@H]2COC(C)=O)[C@H](OC(C)=O)[C@@H](OC(C)=O)[C@H]1OC(C)=O. The van der Waals surface area contributed by atoms with Crippen LogP contribution in [-0.4, -0.2) is 139 Å². The van der Waals surface area contributed by atoms with Gasteiger partial charge in [-0.1, -0.05) is 0 Å². The Balaban J connectivity index is 2.71. The summed E-state index contributed by atoms with van der Waals surface area (Å²) in [6, 6.07) is 0.713. The Morgan fingerprint density at radius 1 is 0.540 bits per heavy atom. The van der Waals surface area contributed by atoms with Crippen LogP contribution in [0.15, 0.2) is 0 Å². The van der Waals surface area contributed by atoms with Crippen molar-refractivity contribution in [1.82, 2.24) is 0 Å². The Bertz CT molecular complexity index is 1240. The van der Waals surface area contributed by atoms with Crippen LogP contribution in [0.1, 0.15) is 48.5 Å². The second kappa shape index (κ2) is 19.5. The molecule has 0 amide bonds. The summed E-state index contributed by atoms with van der Waals surface area (Å²) in [6.07, 6.45) is -10.4. The zero-order valence-corrected chi connectivity index (χ0v) is 32.7. The van der Waals surface area contributed by atoms with Crippen LogP contribution >= 0.6 is 0 Å². The van der Waals surface area contributed by atoms with Crippen molar-refractivity contribution in [3.05, 3.63) is 0 Å². The number of carbonyl (C=O) groups is 7. The van der Waals surface area contributed by atoms with Crippen LogP contribution in [0.25, 0.3) is 0 Å². The van der Waals surface area contributed by atoms with Crippen LogP contribution in [-0.2, 0) is 80.9 Å². The molecule has 0 radical (unpaired) electrons. The van der Waals surface area contributed by atoms with Gasteiger partial charge in [-0.2, -0.15) is 0 Å². The molecular weight excluding hydrogens is 751 g/mol. The van der Waals surface area contributed by atoms with Crippen LogP contribution in [0.3, 0.4) is 0 Å². The minimum absolute atomic E-state index is 0.223. The predicted octanol–water partition coefficient (Wildman–Crippen LogP) is 1.07. The van der Waals surface area contributed by atoms with Gasteiger partial charge in [-0.15, -0.1) is 0 Å². The van der Waals surface area contributed by atoms with E-state index in [1.807, 2.05) is 0 Å². The van der Waals surface area contributed by atoms with Crippen molar-refractivity contribution in [2.75, 3.05) is 19.8 Å². The molecular formula is C31H48O17SeSi. The number of ether oxygens (including phenoxy) is 10. The van der Waals surface area contributed by atoms with E-state index in [0.29, 0.717) is 6.04 Å². The van der Waals surface area contributed by atoms with Crippen molar-refractivity contribution in [3.8, 4) is 0 Å². The van der Waals surface area contributed by atoms with Gasteiger partial charge in [-0.3, -0.25) is 0 Å². The molecule has 2 heterocycles. The van der Waals surface area contributed by atoms with Gasteiger partial charge in [0.15, 0.2) is 0 Å². The van der Waals surface area contributed by atoms with Crippen LogP contribution < -0.4 is 0 Å². The molecule has 0 bridgehead atoms. The Hall–Kier alpha value is -3.09. The number of hydrogen-bond donors (Lipinski definition) is 0. The van der Waals surface area contributed by atoms with Gasteiger partial charge >= 0.3 is 299 Å². The fourth-order valence-corrected chi connectivity index (χ4v) is 9.10. The molecule has 0 aliphatic carbocycles. The van der Waals surface area contributed by atoms with Gasteiger partial charge in [-0.05, 0) is 0 Å². The molecule has 50 heavy (non-hydrogen) atoms. The number of esters is 7. The molecule has 0 aromatic carbocycles. The van der Waals surface area contributed by atoms with Crippen LogP contribution in [0.5, 0.6) is 0 Å². The molecule has 284 valence electrons. The summed E-state index contributed by atoms with van der Waals surface area (Å²) in [7, 11) is -1.60. The van der Waals surface area contributed by atoms with Crippen LogP contribution in [0.4, 0.5) is 0 Å². The second-order valence-corrected chi connectivity index (χ2v) is 21.2. The third-order valence-corrected chi connectivity index (χ3v) is 11.9. The molecule has 0 spiro atoms. The van der Waals surface area contributed by atoms with E-state index in [9.17, 15) is 33.6 Å². The fourth-order valence-electron chi connectivity index (χ4n) is 5.09. The normalized spacial score (nSPS) is 29.5. The van der Waals surface area contributed by atoms with Gasteiger partial charge < -0.3 is 0 Å². The van der Waals surface area contributed by atoms with Gasteiger partial charge in [-0.25, -0.2) is 0 Å². The Morgan fingerprint density at radius 3 is 1.46 bits per heavy atom. The second-order valence-electron chi connectivity index (χ2n) is 12.8. The molecule has 10 atom stereocenters. The first-order chi connectivity index (χ1) is 23.2. The standard InChI is InChI=1S/C31H48O17SeSi/c1-15(32)40-13-22-24(42-17(3)34)25(43-18(4)35)28(46-21(7)38)31(48-22)49-29-23(14-41-16(2)33)47-30(39-11-12-50(8,9)10)27(45-20(6)37)26(29)44-19(5)36/h22-31H,11-14H2,1-10H3/t22-,23-,24+,25+,26-,27-,28-,29-,30-,31+/m1/s1. The van der Waals surface area contributed by atoms with Crippen molar-refractivity contribution in [2.45, 2.75) is 133 Å². The molecule has 2 saturated heterocycles. The molecule has 0 unspecified atom stereocenters. The summed E-state index contributed by atoms with van der Waals surface area (Å²) in [5.41, 5.74) is 0. The van der Waals surface area contributed by atoms with Gasteiger partial charge in [0, 0.05) is 0 Å². The van der Waals surface area contributed by atoms with E-state index in [4.69, 9.17) is 47.4 Å². The zero-order valence-electron chi connectivity index (χ0n) is 30.0. The van der Waals surface area contributed by atoms with Gasteiger partial charge in [0.2, 0.25) is 0 Å². The van der Waals surface area contributed by atoms with E-state index in [1.54, 1.807) is 0 Å². The quantitative estimate of drug-likeness (QED) is 0.129. The summed E-state index contributed by atoms with van der Waals surface area (Å²) in [6.45, 7) is 13.8. The molecule has 2 rings (SSSR count). The Morgan fingerprint density at radius 2 is 0.980 bits per heavy atom. The van der Waals surface area contributed by atoms with E-state index >= 15 is 0 Å². The first kappa shape index (κ1) is 43.1. The maximum absolute atomic E-state index is 12.6. The minimum atomic E-state index is -1.60. The molecule has 0 N–H and O–H groups in total. The molecule has 2 aliphatic rings. The van der Waals surface area contributed by atoms with E-state index < -0.39 is 130 Å². The molecule has 0 aromatic heterocycles. The van der Waals surface area contributed by atoms with E-state index in [0.717, 1.165) is 41.5 Å². The third kappa shape index (κ3) is 14.3. The third-order valence-electron chi connectivity index (χ3n) is 7.02. The predicted molar refractivity (Wildman–Crippen MR) is 172 cm³/mol. The average molecular weight is 800 g/mol. The molecule has 2 fully saturated rings. The first-order valence-electron chi connectivity index (χ1n) is 15.9. The van der Waals surface area contributed by atoms with Crippen molar-refractivity contribution in [3.63, 3.8) is 0 Å². The van der Waals surface area contributed by atoms with Crippen molar-refractivity contribution >= 4 is 64.8 Å². The Labute approximate surface area is 298 Å². The van der Waals surface area contributed by atoms with Crippen LogP contribution in [0, 0.1) is 0 Å². The zero-order chi connectivity index (χ0) is 37.9. The number of rotatable bonds is 15. The number of hydrogen-bond acceptors (Lipinski definition) is 17. The topological polar surface area (TPSA) is 212 Å². The van der Waals surface area contributed by atoms with E-state index in [-0.39, 0.29) is 13.2 Å². The van der Waals surface area contributed by atoms with Crippen LogP contribution in [0.2, 0.25) is 30.5 Å². The molecule has 0 aromatic rings. The van der Waals surface area contributed by atoms with Gasteiger partial charge in [0.25, 0.3) is 0 Å². The molecule has 2 aliphatic heterocycles. The monoisotopic (exact) mass is 800 g/mol. The van der Waals surface area contributed by atoms with Crippen molar-refractivity contribution < 1.29 is 80.9 Å². The fraction of sp³-hybridized carbons (Fsp3) is 0.774. The molecule has 17 nitrogen and oxygen atoms in total. The van der Waals surface area contributed by atoms with Crippen molar-refractivity contribution in [2.24, 2.45) is 0 Å². The molecule has 0 saturated carbocycles.